The SMILES string of the molecule is CN1C(=O)C2(CNC(=S)O2)c2ccccc21. The number of nitrogens with zero attached hydrogens (tertiary/aromatic N) is 1. The van der Waals surface area contributed by atoms with E-state index in [-0.39, 0.29) is 5.91 Å². The number of ether oxygens (including phenoxy) is 1. The average Bonchev–Trinajstić information content (AvgIpc) is 2.78. The molecular formula is C11H10N2O2S. The lowest BCUT2D eigenvalue weighted by Crippen LogP contribution is -2.41. The molecule has 5 heteroatoms. The van der Waals surface area contributed by atoms with Crippen molar-refractivity contribution in [2.75, 3.05) is 18.5 Å². The van der Waals surface area contributed by atoms with Crippen LogP contribution >= 0.6 is 12.2 Å². The van der Waals surface area contributed by atoms with Gasteiger partial charge >= 0.3 is 0 Å². The van der Waals surface area contributed by atoms with E-state index in [1.807, 2.05) is 24.3 Å². The highest BCUT2D eigenvalue weighted by molar-refractivity contribution is 7.80. The molecule has 2 aliphatic rings. The van der Waals surface area contributed by atoms with Crippen LogP contribution in [0.15, 0.2) is 24.3 Å². The molecule has 1 N–H and O–H groups in total. The maximum atomic E-state index is 12.2. The van der Waals surface area contributed by atoms with Gasteiger partial charge in [0.1, 0.15) is 0 Å². The molecule has 0 radical (unpaired) electrons. The quantitative estimate of drug-likeness (QED) is 0.673. The molecule has 3 rings (SSSR count). The molecule has 1 atom stereocenters. The van der Waals surface area contributed by atoms with Crippen molar-refractivity contribution in [2.45, 2.75) is 5.60 Å². The molecular weight excluding hydrogens is 224 g/mol. The van der Waals surface area contributed by atoms with Crippen LogP contribution in [0.4, 0.5) is 5.69 Å². The fourth-order valence-corrected chi connectivity index (χ4v) is 2.51. The molecule has 1 spiro atoms. The molecule has 82 valence electrons. The third-order valence-electron chi connectivity index (χ3n) is 3.10. The molecule has 0 saturated carbocycles. The van der Waals surface area contributed by atoms with Gasteiger partial charge in [-0.15, -0.1) is 0 Å². The van der Waals surface area contributed by atoms with Crippen LogP contribution < -0.4 is 10.2 Å². The van der Waals surface area contributed by atoms with Gasteiger partial charge in [0, 0.05) is 12.6 Å². The normalized spacial score (nSPS) is 26.9. The third-order valence-corrected chi connectivity index (χ3v) is 3.33. The topological polar surface area (TPSA) is 41.6 Å². The van der Waals surface area contributed by atoms with E-state index in [0.29, 0.717) is 11.7 Å². The summed E-state index contributed by atoms with van der Waals surface area (Å²) in [5.41, 5.74) is 0.830. The minimum Gasteiger partial charge on any atom is -0.447 e. The van der Waals surface area contributed by atoms with Crippen LogP contribution in [-0.4, -0.2) is 24.7 Å². The van der Waals surface area contributed by atoms with Crippen molar-refractivity contribution in [1.82, 2.24) is 5.32 Å². The number of para-hydroxylation sites is 1. The Balaban J connectivity index is 2.21. The van der Waals surface area contributed by atoms with E-state index in [2.05, 4.69) is 5.32 Å². The molecule has 1 aromatic carbocycles. The fourth-order valence-electron chi connectivity index (χ4n) is 2.30. The summed E-state index contributed by atoms with van der Waals surface area (Å²) in [5, 5.41) is 3.20. The number of rotatable bonds is 0. The van der Waals surface area contributed by atoms with Crippen molar-refractivity contribution < 1.29 is 9.53 Å². The molecule has 1 amide bonds. The van der Waals surface area contributed by atoms with Gasteiger partial charge < -0.3 is 15.0 Å². The number of hydrogen-bond donors (Lipinski definition) is 1. The lowest BCUT2D eigenvalue weighted by atomic mass is 9.96. The summed E-state index contributed by atoms with van der Waals surface area (Å²) >= 11 is 4.94. The lowest BCUT2D eigenvalue weighted by Gasteiger charge is -2.19. The molecule has 16 heavy (non-hydrogen) atoms. The number of nitrogens with one attached hydrogen (secondary N) is 1. The van der Waals surface area contributed by atoms with Crippen molar-refractivity contribution in [2.24, 2.45) is 0 Å². The number of carbonyl (C=O) groups is 1. The van der Waals surface area contributed by atoms with Crippen molar-refractivity contribution >= 4 is 29.0 Å². The van der Waals surface area contributed by atoms with Crippen LogP contribution in [0.3, 0.4) is 0 Å². The number of benzene rings is 1. The van der Waals surface area contributed by atoms with E-state index in [0.717, 1.165) is 11.3 Å². The van der Waals surface area contributed by atoms with Crippen molar-refractivity contribution in [1.29, 1.82) is 0 Å². The van der Waals surface area contributed by atoms with Gasteiger partial charge in [-0.3, -0.25) is 4.79 Å². The average molecular weight is 234 g/mol. The predicted octanol–water partition coefficient (Wildman–Crippen LogP) is 0.763. The highest BCUT2D eigenvalue weighted by Gasteiger charge is 2.55. The van der Waals surface area contributed by atoms with Crippen LogP contribution in [0.2, 0.25) is 0 Å². The third kappa shape index (κ3) is 0.983. The van der Waals surface area contributed by atoms with Gasteiger partial charge in [0.2, 0.25) is 5.60 Å². The molecule has 0 aliphatic carbocycles. The highest BCUT2D eigenvalue weighted by Crippen LogP contribution is 2.43. The standard InChI is InChI=1S/C11H10N2O2S/c1-13-8-5-3-2-4-7(8)11(9(13)14)6-12-10(16)15-11/h2-5H,6H2,1H3,(H,12,16). The van der Waals surface area contributed by atoms with Crippen LogP contribution in [0.1, 0.15) is 5.56 Å². The van der Waals surface area contributed by atoms with Gasteiger partial charge in [-0.25, -0.2) is 0 Å². The molecule has 4 nitrogen and oxygen atoms in total. The summed E-state index contributed by atoms with van der Waals surface area (Å²) in [5.74, 6) is -0.0685. The van der Waals surface area contributed by atoms with Crippen molar-refractivity contribution in [3.63, 3.8) is 0 Å². The van der Waals surface area contributed by atoms with E-state index in [9.17, 15) is 4.79 Å². The minimum absolute atomic E-state index is 0.0685. The monoisotopic (exact) mass is 234 g/mol. The first-order valence-electron chi connectivity index (χ1n) is 5.00. The molecule has 1 fully saturated rings. The Hall–Kier alpha value is -1.62. The second-order valence-electron chi connectivity index (χ2n) is 3.95. The predicted molar refractivity (Wildman–Crippen MR) is 63.2 cm³/mol. The lowest BCUT2D eigenvalue weighted by molar-refractivity contribution is -0.131. The first-order chi connectivity index (χ1) is 7.65. The van der Waals surface area contributed by atoms with Crippen LogP contribution in [0, 0.1) is 0 Å². The molecule has 0 aromatic heterocycles. The van der Waals surface area contributed by atoms with Crippen molar-refractivity contribution in [3.05, 3.63) is 29.8 Å². The number of likely N-dealkylation sites (N-methyl/N-ethyl adjacent to an activating group) is 1. The Morgan fingerprint density at radius 1 is 1.50 bits per heavy atom. The van der Waals surface area contributed by atoms with Crippen LogP contribution in [-0.2, 0) is 15.1 Å². The summed E-state index contributed by atoms with van der Waals surface area (Å²) in [4.78, 5) is 13.8. The molecule has 0 bridgehead atoms. The molecule has 2 heterocycles. The van der Waals surface area contributed by atoms with E-state index in [1.165, 1.54) is 0 Å². The molecule has 1 aromatic rings. The van der Waals surface area contributed by atoms with Gasteiger partial charge in [-0.2, -0.15) is 0 Å². The van der Waals surface area contributed by atoms with Gasteiger partial charge in [-0.1, -0.05) is 18.2 Å². The number of hydrogen-bond acceptors (Lipinski definition) is 3. The minimum atomic E-state index is -0.942. The summed E-state index contributed by atoms with van der Waals surface area (Å²) in [6.07, 6.45) is 0. The Morgan fingerprint density at radius 3 is 2.94 bits per heavy atom. The van der Waals surface area contributed by atoms with E-state index in [1.54, 1.807) is 11.9 Å². The number of carbonyl (C=O) groups excluding carboxylic acids is 1. The summed E-state index contributed by atoms with van der Waals surface area (Å²) in [7, 11) is 1.75. The zero-order valence-electron chi connectivity index (χ0n) is 8.69. The largest absolute Gasteiger partial charge is 0.447 e. The molecule has 1 unspecified atom stereocenters. The Bertz CT molecular complexity index is 503. The van der Waals surface area contributed by atoms with E-state index in [4.69, 9.17) is 17.0 Å². The van der Waals surface area contributed by atoms with Crippen LogP contribution in [0.5, 0.6) is 0 Å². The number of thiocarbonyl (C=S) groups is 1. The Kier molecular flexibility index (Phi) is 1.77. The highest BCUT2D eigenvalue weighted by atomic mass is 32.1. The van der Waals surface area contributed by atoms with E-state index >= 15 is 0 Å². The summed E-state index contributed by atoms with van der Waals surface area (Å²) < 4.78 is 5.55. The zero-order chi connectivity index (χ0) is 11.3. The number of fused-ring (bicyclic) bond motifs is 2. The Labute approximate surface area is 98.2 Å². The molecule has 1 saturated heterocycles. The van der Waals surface area contributed by atoms with Gasteiger partial charge in [0.15, 0.2) is 0 Å². The smallest absolute Gasteiger partial charge is 0.277 e. The van der Waals surface area contributed by atoms with Crippen molar-refractivity contribution in [3.8, 4) is 0 Å². The first kappa shape index (κ1) is 9.59. The zero-order valence-corrected chi connectivity index (χ0v) is 9.50. The van der Waals surface area contributed by atoms with Crippen LogP contribution in [0.25, 0.3) is 0 Å². The second kappa shape index (κ2) is 2.95. The van der Waals surface area contributed by atoms with Gasteiger partial charge in [0.25, 0.3) is 11.1 Å². The maximum absolute atomic E-state index is 12.2. The number of amides is 1. The van der Waals surface area contributed by atoms with Gasteiger partial charge in [0.05, 0.1) is 12.2 Å². The van der Waals surface area contributed by atoms with Gasteiger partial charge in [-0.05, 0) is 18.3 Å². The maximum Gasteiger partial charge on any atom is 0.277 e. The Morgan fingerprint density at radius 2 is 2.25 bits per heavy atom. The first-order valence-corrected chi connectivity index (χ1v) is 5.40. The molecule has 2 aliphatic heterocycles. The van der Waals surface area contributed by atoms with E-state index < -0.39 is 5.60 Å². The second-order valence-corrected chi connectivity index (χ2v) is 4.32. The summed E-state index contributed by atoms with van der Waals surface area (Å²) in [6, 6.07) is 7.62. The summed E-state index contributed by atoms with van der Waals surface area (Å²) in [6.45, 7) is 0.409. The number of anilines is 1. The fraction of sp³-hybridized carbons (Fsp3) is 0.273.